The maximum Gasteiger partial charge on any atom is 0.334 e. The zero-order valence-electron chi connectivity index (χ0n) is 23.6. The number of H-pyrrole nitrogens is 1. The first kappa shape index (κ1) is 29.8. The lowest BCUT2D eigenvalue weighted by atomic mass is 9.72. The molecule has 4 rings (SSSR count). The lowest BCUT2D eigenvalue weighted by Gasteiger charge is -2.45. The Hall–Kier alpha value is -4.19. The molecule has 2 aromatic rings. The second-order valence-corrected chi connectivity index (χ2v) is 11.0. The molecule has 0 bridgehead atoms. The minimum Gasteiger partial charge on any atom is -0.385 e. The summed E-state index contributed by atoms with van der Waals surface area (Å²) in [6, 6.07) is 8.57. The third-order valence-corrected chi connectivity index (χ3v) is 7.95. The van der Waals surface area contributed by atoms with Crippen LogP contribution in [0.1, 0.15) is 56.6 Å². The van der Waals surface area contributed by atoms with Crippen molar-refractivity contribution < 1.29 is 19.1 Å². The summed E-state index contributed by atoms with van der Waals surface area (Å²) in [6.07, 6.45) is 4.77. The predicted molar refractivity (Wildman–Crippen MR) is 151 cm³/mol. The van der Waals surface area contributed by atoms with Gasteiger partial charge >= 0.3 is 11.7 Å². The summed E-state index contributed by atoms with van der Waals surface area (Å²) in [7, 11) is 0. The SMILES string of the molecule is CCCCN1C(=O)C(=C(N)N)C(=O)N(C2CCC(COCc3ccccc3)(Cn3cc(C)c(=O)[nH]c3=O)CC2)C1=O. The molecule has 0 spiro atoms. The predicted octanol–water partition coefficient (Wildman–Crippen LogP) is 1.71. The molecule has 1 saturated heterocycles. The van der Waals surface area contributed by atoms with Gasteiger partial charge in [0.2, 0.25) is 0 Å². The smallest absolute Gasteiger partial charge is 0.334 e. The van der Waals surface area contributed by atoms with E-state index in [1.807, 2.05) is 37.3 Å². The normalized spacial score (nSPS) is 21.5. The lowest BCUT2D eigenvalue weighted by Crippen LogP contribution is -2.61. The number of carbonyl (C=O) groups is 3. The maximum atomic E-state index is 13.4. The number of amides is 4. The van der Waals surface area contributed by atoms with E-state index < -0.39 is 46.4 Å². The molecule has 0 radical (unpaired) electrons. The van der Waals surface area contributed by atoms with E-state index in [0.29, 0.717) is 50.9 Å². The van der Waals surface area contributed by atoms with Crippen LogP contribution in [0.2, 0.25) is 0 Å². The van der Waals surface area contributed by atoms with Gasteiger partial charge in [-0.3, -0.25) is 33.7 Å². The summed E-state index contributed by atoms with van der Waals surface area (Å²) in [4.78, 5) is 68.8. The number of hydrogen-bond acceptors (Lipinski definition) is 8. The molecule has 5 N–H and O–H groups in total. The molecule has 1 aromatic carbocycles. The number of imide groups is 2. The van der Waals surface area contributed by atoms with E-state index in [-0.39, 0.29) is 18.7 Å². The van der Waals surface area contributed by atoms with Crippen LogP contribution in [0.15, 0.2) is 57.5 Å². The largest absolute Gasteiger partial charge is 0.385 e. The van der Waals surface area contributed by atoms with E-state index in [2.05, 4.69) is 4.98 Å². The van der Waals surface area contributed by atoms with E-state index in [4.69, 9.17) is 16.2 Å². The van der Waals surface area contributed by atoms with E-state index in [9.17, 15) is 24.0 Å². The molecule has 2 fully saturated rings. The van der Waals surface area contributed by atoms with E-state index in [0.717, 1.165) is 21.8 Å². The fourth-order valence-electron chi connectivity index (χ4n) is 5.61. The van der Waals surface area contributed by atoms with E-state index in [1.165, 1.54) is 4.57 Å². The number of carbonyl (C=O) groups excluding carboxylic acids is 3. The monoisotopic (exact) mass is 566 g/mol. The highest BCUT2D eigenvalue weighted by atomic mass is 16.5. The molecule has 12 heteroatoms. The number of nitrogens with zero attached hydrogens (tertiary/aromatic N) is 3. The Morgan fingerprint density at radius 3 is 2.37 bits per heavy atom. The Bertz CT molecular complexity index is 1430. The third-order valence-electron chi connectivity index (χ3n) is 7.95. The van der Waals surface area contributed by atoms with Crippen molar-refractivity contribution in [1.82, 2.24) is 19.4 Å². The zero-order valence-corrected chi connectivity index (χ0v) is 23.6. The van der Waals surface area contributed by atoms with Crippen LogP contribution in [-0.2, 0) is 27.5 Å². The molecule has 12 nitrogen and oxygen atoms in total. The number of aromatic nitrogens is 2. The summed E-state index contributed by atoms with van der Waals surface area (Å²) in [5.41, 5.74) is 11.0. The molecular formula is C29H38N6O6. The molecule has 1 aliphatic heterocycles. The van der Waals surface area contributed by atoms with Crippen LogP contribution in [0.4, 0.5) is 4.79 Å². The Morgan fingerprint density at radius 1 is 1.05 bits per heavy atom. The number of nitrogens with one attached hydrogen (secondary N) is 1. The molecule has 41 heavy (non-hydrogen) atoms. The van der Waals surface area contributed by atoms with Crippen molar-refractivity contribution in [3.8, 4) is 0 Å². The minimum absolute atomic E-state index is 0.160. The van der Waals surface area contributed by atoms with Gasteiger partial charge < -0.3 is 16.2 Å². The number of rotatable bonds is 10. The number of unbranched alkanes of at least 4 members (excludes halogenated alkanes) is 1. The molecule has 1 aromatic heterocycles. The molecule has 220 valence electrons. The summed E-state index contributed by atoms with van der Waals surface area (Å²) >= 11 is 0. The Morgan fingerprint density at radius 2 is 1.73 bits per heavy atom. The molecule has 0 unspecified atom stereocenters. The molecule has 1 aliphatic carbocycles. The first-order valence-electron chi connectivity index (χ1n) is 13.9. The van der Waals surface area contributed by atoms with Gasteiger partial charge in [0, 0.05) is 36.3 Å². The number of benzene rings is 1. The van der Waals surface area contributed by atoms with E-state index >= 15 is 0 Å². The zero-order chi connectivity index (χ0) is 29.7. The van der Waals surface area contributed by atoms with Crippen LogP contribution >= 0.6 is 0 Å². The molecule has 4 amide bonds. The van der Waals surface area contributed by atoms with Crippen LogP contribution in [0, 0.1) is 12.3 Å². The average molecular weight is 567 g/mol. The first-order valence-corrected chi connectivity index (χ1v) is 13.9. The highest BCUT2D eigenvalue weighted by molar-refractivity contribution is 6.29. The second-order valence-electron chi connectivity index (χ2n) is 11.0. The molecule has 1 saturated carbocycles. The van der Waals surface area contributed by atoms with Crippen LogP contribution in [-0.4, -0.2) is 56.4 Å². The average Bonchev–Trinajstić information content (AvgIpc) is 2.93. The number of aryl methyl sites for hydroxylation is 1. The van der Waals surface area contributed by atoms with Crippen molar-refractivity contribution in [2.45, 2.75) is 71.6 Å². The van der Waals surface area contributed by atoms with Crippen molar-refractivity contribution in [3.63, 3.8) is 0 Å². The number of hydrogen-bond donors (Lipinski definition) is 3. The quantitative estimate of drug-likeness (QED) is 0.288. The van der Waals surface area contributed by atoms with Gasteiger partial charge in [-0.1, -0.05) is 43.7 Å². The molecule has 2 heterocycles. The highest BCUT2D eigenvalue weighted by Gasteiger charge is 2.48. The molecule has 0 atom stereocenters. The van der Waals surface area contributed by atoms with Crippen molar-refractivity contribution in [3.05, 3.63) is 79.9 Å². The standard InChI is InChI=1S/C29H38N6O6/c1-3-4-14-34-25(37)22(23(30)31)26(38)35(28(34)40)21-10-12-29(13-11-21,18-41-16-20-8-6-5-7-9-20)17-33-15-19(2)24(36)32-27(33)39/h5-9,15,21H,3-4,10-14,16-18,30-31H2,1-2H3,(H,32,36,39). The number of aromatic amines is 1. The van der Waals surface area contributed by atoms with Gasteiger partial charge in [-0.15, -0.1) is 0 Å². The van der Waals surface area contributed by atoms with E-state index in [1.54, 1.807) is 13.1 Å². The summed E-state index contributed by atoms with van der Waals surface area (Å²) in [6.45, 7) is 4.72. The fourth-order valence-corrected chi connectivity index (χ4v) is 5.61. The first-order chi connectivity index (χ1) is 19.6. The van der Waals surface area contributed by atoms with Gasteiger partial charge in [0.05, 0.1) is 13.2 Å². The van der Waals surface area contributed by atoms with Gasteiger partial charge in [-0.05, 0) is 44.6 Å². The van der Waals surface area contributed by atoms with Crippen molar-refractivity contribution in [1.29, 1.82) is 0 Å². The van der Waals surface area contributed by atoms with Gasteiger partial charge in [0.25, 0.3) is 17.4 Å². The highest BCUT2D eigenvalue weighted by Crippen LogP contribution is 2.41. The summed E-state index contributed by atoms with van der Waals surface area (Å²) < 4.78 is 7.63. The number of urea groups is 1. The lowest BCUT2D eigenvalue weighted by molar-refractivity contribution is -0.138. The van der Waals surface area contributed by atoms with Crippen LogP contribution in [0.25, 0.3) is 0 Å². The second kappa shape index (κ2) is 12.5. The summed E-state index contributed by atoms with van der Waals surface area (Å²) in [5.74, 6) is -1.96. The maximum absolute atomic E-state index is 13.4. The molecular weight excluding hydrogens is 528 g/mol. The van der Waals surface area contributed by atoms with Crippen molar-refractivity contribution in [2.75, 3.05) is 13.2 Å². The number of barbiturate groups is 1. The number of nitrogens with two attached hydrogens (primary N) is 2. The number of ether oxygens (including phenoxy) is 1. The van der Waals surface area contributed by atoms with Gasteiger partial charge in [-0.2, -0.15) is 0 Å². The van der Waals surface area contributed by atoms with Crippen LogP contribution < -0.4 is 22.7 Å². The third kappa shape index (κ3) is 6.43. The minimum atomic E-state index is -0.780. The van der Waals surface area contributed by atoms with Gasteiger partial charge in [0.15, 0.2) is 0 Å². The van der Waals surface area contributed by atoms with Gasteiger partial charge in [-0.25, -0.2) is 9.59 Å². The Kier molecular flexibility index (Phi) is 9.11. The fraction of sp³-hybridized carbons (Fsp3) is 0.483. The summed E-state index contributed by atoms with van der Waals surface area (Å²) in [5, 5.41) is 0. The van der Waals surface area contributed by atoms with Crippen LogP contribution in [0.3, 0.4) is 0 Å². The van der Waals surface area contributed by atoms with Gasteiger partial charge in [0.1, 0.15) is 11.4 Å². The Balaban J connectivity index is 1.58. The van der Waals surface area contributed by atoms with Crippen molar-refractivity contribution in [2.24, 2.45) is 16.9 Å². The topological polar surface area (TPSA) is 174 Å². The molecule has 2 aliphatic rings. The van der Waals surface area contributed by atoms with Crippen molar-refractivity contribution >= 4 is 17.8 Å². The Labute approximate surface area is 237 Å². The van der Waals surface area contributed by atoms with Crippen LogP contribution in [0.5, 0.6) is 0 Å².